The van der Waals surface area contributed by atoms with Crippen molar-refractivity contribution in [2.75, 3.05) is 0 Å². The maximum absolute atomic E-state index is 9.83. The highest BCUT2D eigenvalue weighted by molar-refractivity contribution is 5.49. The number of nitrogens with zero attached hydrogens (tertiary/aromatic N) is 1. The number of aliphatic hydroxyl groups is 1. The van der Waals surface area contributed by atoms with Crippen molar-refractivity contribution in [3.63, 3.8) is 0 Å². The standard InChI is InChI=1S/C11H16N2O2/c1-2-7(12)10(14)11-13-8-5-3-4-6-9(8)15-11/h3,5,7,10,14H,2,4,6,12H2,1H3/t7-,10?/m0/s1. The Labute approximate surface area is 88.8 Å². The van der Waals surface area contributed by atoms with Gasteiger partial charge in [0, 0.05) is 12.5 Å². The Balaban J connectivity index is 2.23. The minimum absolute atomic E-state index is 0.311. The molecule has 0 saturated carbocycles. The Kier molecular flexibility index (Phi) is 2.88. The van der Waals surface area contributed by atoms with Gasteiger partial charge in [-0.3, -0.25) is 0 Å². The molecule has 1 aliphatic rings. The summed E-state index contributed by atoms with van der Waals surface area (Å²) in [6.45, 7) is 1.93. The summed E-state index contributed by atoms with van der Waals surface area (Å²) in [5.41, 5.74) is 6.57. The van der Waals surface area contributed by atoms with Crippen LogP contribution in [0.5, 0.6) is 0 Å². The highest BCUT2D eigenvalue weighted by Crippen LogP contribution is 2.24. The zero-order valence-corrected chi connectivity index (χ0v) is 8.81. The van der Waals surface area contributed by atoms with Gasteiger partial charge in [-0.15, -0.1) is 0 Å². The summed E-state index contributed by atoms with van der Waals surface area (Å²) in [4.78, 5) is 4.24. The first-order valence-electron chi connectivity index (χ1n) is 5.32. The fraction of sp³-hybridized carbons (Fsp3) is 0.545. The fourth-order valence-electron chi connectivity index (χ4n) is 1.63. The maximum Gasteiger partial charge on any atom is 0.225 e. The summed E-state index contributed by atoms with van der Waals surface area (Å²) in [7, 11) is 0. The van der Waals surface area contributed by atoms with Gasteiger partial charge in [0.2, 0.25) is 5.89 Å². The highest BCUT2D eigenvalue weighted by Gasteiger charge is 2.23. The second kappa shape index (κ2) is 4.16. The van der Waals surface area contributed by atoms with Crippen molar-refractivity contribution in [1.82, 2.24) is 4.98 Å². The van der Waals surface area contributed by atoms with Gasteiger partial charge >= 0.3 is 0 Å². The lowest BCUT2D eigenvalue weighted by Gasteiger charge is -2.12. The van der Waals surface area contributed by atoms with Crippen LogP contribution in [-0.2, 0) is 6.42 Å². The summed E-state index contributed by atoms with van der Waals surface area (Å²) in [6.07, 6.45) is 5.71. The van der Waals surface area contributed by atoms with E-state index in [-0.39, 0.29) is 6.04 Å². The van der Waals surface area contributed by atoms with Gasteiger partial charge in [0.15, 0.2) is 0 Å². The largest absolute Gasteiger partial charge is 0.442 e. The van der Waals surface area contributed by atoms with Crippen LogP contribution in [0.2, 0.25) is 0 Å². The van der Waals surface area contributed by atoms with Crippen molar-refractivity contribution in [3.8, 4) is 0 Å². The Morgan fingerprint density at radius 3 is 3.13 bits per heavy atom. The van der Waals surface area contributed by atoms with Crippen LogP contribution in [0.4, 0.5) is 0 Å². The van der Waals surface area contributed by atoms with E-state index in [9.17, 15) is 5.11 Å². The molecule has 1 unspecified atom stereocenters. The van der Waals surface area contributed by atoms with Crippen molar-refractivity contribution in [2.45, 2.75) is 38.3 Å². The van der Waals surface area contributed by atoms with E-state index < -0.39 is 6.10 Å². The van der Waals surface area contributed by atoms with Crippen molar-refractivity contribution < 1.29 is 9.52 Å². The molecule has 0 spiro atoms. The van der Waals surface area contributed by atoms with Crippen molar-refractivity contribution in [3.05, 3.63) is 23.4 Å². The summed E-state index contributed by atoms with van der Waals surface area (Å²) in [5, 5.41) is 9.83. The van der Waals surface area contributed by atoms with E-state index in [1.54, 1.807) is 0 Å². The van der Waals surface area contributed by atoms with E-state index >= 15 is 0 Å². The van der Waals surface area contributed by atoms with E-state index in [2.05, 4.69) is 11.1 Å². The molecule has 2 rings (SSSR count). The van der Waals surface area contributed by atoms with Gasteiger partial charge in [-0.05, 0) is 18.9 Å². The first kappa shape index (κ1) is 10.4. The van der Waals surface area contributed by atoms with Crippen LogP contribution >= 0.6 is 0 Å². The Morgan fingerprint density at radius 1 is 1.67 bits per heavy atom. The predicted molar refractivity (Wildman–Crippen MR) is 57.1 cm³/mol. The average Bonchev–Trinajstić information content (AvgIpc) is 2.70. The molecule has 1 heterocycles. The van der Waals surface area contributed by atoms with Gasteiger partial charge in [0.25, 0.3) is 0 Å². The monoisotopic (exact) mass is 208 g/mol. The minimum atomic E-state index is -0.797. The van der Waals surface area contributed by atoms with Crippen LogP contribution in [0.3, 0.4) is 0 Å². The first-order chi connectivity index (χ1) is 7.22. The predicted octanol–water partition coefficient (Wildman–Crippen LogP) is 1.40. The quantitative estimate of drug-likeness (QED) is 0.787. The van der Waals surface area contributed by atoms with Crippen molar-refractivity contribution in [1.29, 1.82) is 0 Å². The van der Waals surface area contributed by atoms with Crippen LogP contribution in [-0.4, -0.2) is 16.1 Å². The first-order valence-corrected chi connectivity index (χ1v) is 5.32. The van der Waals surface area contributed by atoms with Gasteiger partial charge in [-0.1, -0.05) is 13.0 Å². The van der Waals surface area contributed by atoms with E-state index in [1.807, 2.05) is 13.0 Å². The number of aryl methyl sites for hydroxylation is 1. The Hall–Kier alpha value is -1.13. The SMILES string of the molecule is CC[C@H](N)C(O)c1nc2c(o1)CCC=C2. The van der Waals surface area contributed by atoms with E-state index in [1.165, 1.54) is 0 Å². The molecular formula is C11H16N2O2. The van der Waals surface area contributed by atoms with Gasteiger partial charge in [0.1, 0.15) is 17.6 Å². The highest BCUT2D eigenvalue weighted by atomic mass is 16.4. The molecule has 0 aromatic carbocycles. The Bertz CT molecular complexity index is 371. The van der Waals surface area contributed by atoms with Gasteiger partial charge in [-0.25, -0.2) is 4.98 Å². The van der Waals surface area contributed by atoms with Gasteiger partial charge in [-0.2, -0.15) is 0 Å². The smallest absolute Gasteiger partial charge is 0.225 e. The zero-order valence-electron chi connectivity index (χ0n) is 8.81. The lowest BCUT2D eigenvalue weighted by Crippen LogP contribution is -2.27. The molecule has 3 N–H and O–H groups in total. The second-order valence-corrected chi connectivity index (χ2v) is 3.82. The summed E-state index contributed by atoms with van der Waals surface area (Å²) < 4.78 is 5.50. The number of rotatable bonds is 3. The zero-order chi connectivity index (χ0) is 10.8. The normalized spacial score (nSPS) is 18.6. The molecule has 1 aliphatic carbocycles. The number of allylic oxidation sites excluding steroid dienone is 1. The molecule has 82 valence electrons. The van der Waals surface area contributed by atoms with E-state index in [0.29, 0.717) is 12.3 Å². The van der Waals surface area contributed by atoms with E-state index in [0.717, 1.165) is 24.3 Å². The van der Waals surface area contributed by atoms with Crippen LogP contribution in [0.15, 0.2) is 10.5 Å². The number of aliphatic hydroxyl groups excluding tert-OH is 1. The molecule has 0 saturated heterocycles. The number of nitrogens with two attached hydrogens (primary N) is 1. The maximum atomic E-state index is 9.83. The summed E-state index contributed by atoms with van der Waals surface area (Å²) >= 11 is 0. The summed E-state index contributed by atoms with van der Waals surface area (Å²) in [5.74, 6) is 1.20. The molecule has 0 fully saturated rings. The number of fused-ring (bicyclic) bond motifs is 1. The molecule has 0 amide bonds. The molecule has 1 aromatic heterocycles. The van der Waals surface area contributed by atoms with Crippen LogP contribution < -0.4 is 5.73 Å². The van der Waals surface area contributed by atoms with Crippen LogP contribution in [0.1, 0.15) is 43.2 Å². The van der Waals surface area contributed by atoms with Gasteiger partial charge in [0.05, 0.1) is 0 Å². The summed E-state index contributed by atoms with van der Waals surface area (Å²) in [6, 6.07) is -0.311. The van der Waals surface area contributed by atoms with Gasteiger partial charge < -0.3 is 15.3 Å². The molecule has 15 heavy (non-hydrogen) atoms. The minimum Gasteiger partial charge on any atom is -0.442 e. The number of aromatic nitrogens is 1. The fourth-order valence-corrected chi connectivity index (χ4v) is 1.63. The molecule has 0 bridgehead atoms. The van der Waals surface area contributed by atoms with Crippen molar-refractivity contribution >= 4 is 6.08 Å². The third-order valence-electron chi connectivity index (χ3n) is 2.69. The number of hydrogen-bond donors (Lipinski definition) is 2. The third-order valence-corrected chi connectivity index (χ3v) is 2.69. The third kappa shape index (κ3) is 1.96. The molecule has 2 atom stereocenters. The second-order valence-electron chi connectivity index (χ2n) is 3.82. The van der Waals surface area contributed by atoms with Crippen molar-refractivity contribution in [2.24, 2.45) is 5.73 Å². The van der Waals surface area contributed by atoms with Crippen LogP contribution in [0, 0.1) is 0 Å². The molecule has 0 aliphatic heterocycles. The molecule has 0 radical (unpaired) electrons. The molecular weight excluding hydrogens is 192 g/mol. The average molecular weight is 208 g/mol. The number of hydrogen-bond acceptors (Lipinski definition) is 4. The molecule has 4 nitrogen and oxygen atoms in total. The Morgan fingerprint density at radius 2 is 2.47 bits per heavy atom. The molecule has 4 heteroatoms. The van der Waals surface area contributed by atoms with Crippen LogP contribution in [0.25, 0.3) is 6.08 Å². The van der Waals surface area contributed by atoms with E-state index in [4.69, 9.17) is 10.2 Å². The lowest BCUT2D eigenvalue weighted by molar-refractivity contribution is 0.112. The number of oxazole rings is 1. The topological polar surface area (TPSA) is 72.3 Å². The molecule has 1 aromatic rings. The lowest BCUT2D eigenvalue weighted by atomic mass is 10.1.